The minimum atomic E-state index is -4.29. The van der Waals surface area contributed by atoms with E-state index < -0.39 is 24.4 Å². The van der Waals surface area contributed by atoms with E-state index in [1.165, 1.54) is 16.7 Å². The lowest BCUT2D eigenvalue weighted by Crippen LogP contribution is -2.10. The first-order valence-electron chi connectivity index (χ1n) is 8.28. The van der Waals surface area contributed by atoms with E-state index in [-0.39, 0.29) is 30.0 Å². The van der Waals surface area contributed by atoms with Gasteiger partial charge in [0.2, 0.25) is 0 Å². The third-order valence-electron chi connectivity index (χ3n) is 3.91. The molecule has 1 heterocycles. The zero-order chi connectivity index (χ0) is 19.5. The van der Waals surface area contributed by atoms with E-state index in [4.69, 9.17) is 4.74 Å². The molecular formula is C18H20F4N2O2. The lowest BCUT2D eigenvalue weighted by Gasteiger charge is -2.12. The third kappa shape index (κ3) is 4.42. The number of nitrogens with zero attached hydrogens (tertiary/aromatic N) is 2. The molecule has 2 rings (SSSR count). The average molecular weight is 372 g/mol. The Labute approximate surface area is 148 Å². The smallest absolute Gasteiger partial charge is 0.389 e. The number of imidazole rings is 1. The summed E-state index contributed by atoms with van der Waals surface area (Å²) in [5.74, 6) is -0.802. The van der Waals surface area contributed by atoms with Gasteiger partial charge in [0.25, 0.3) is 0 Å². The summed E-state index contributed by atoms with van der Waals surface area (Å²) in [6.07, 6.45) is -5.16. The fraction of sp³-hybridized carbons (Fsp3) is 0.444. The van der Waals surface area contributed by atoms with Crippen molar-refractivity contribution in [3.05, 3.63) is 46.8 Å². The Morgan fingerprint density at radius 1 is 1.27 bits per heavy atom. The second-order valence-corrected chi connectivity index (χ2v) is 5.77. The maximum atomic E-state index is 14.6. The largest absolute Gasteiger partial charge is 0.461 e. The molecule has 0 atom stereocenters. The number of ether oxygens (including phenoxy) is 1. The summed E-state index contributed by atoms with van der Waals surface area (Å²) in [7, 11) is 0. The highest BCUT2D eigenvalue weighted by atomic mass is 19.4. The number of hydrogen-bond acceptors (Lipinski definition) is 3. The van der Waals surface area contributed by atoms with Gasteiger partial charge in [0.05, 0.1) is 18.0 Å². The number of alkyl halides is 3. The predicted molar refractivity (Wildman–Crippen MR) is 88.0 cm³/mol. The third-order valence-corrected chi connectivity index (χ3v) is 3.91. The van der Waals surface area contributed by atoms with E-state index >= 15 is 0 Å². The van der Waals surface area contributed by atoms with Crippen LogP contribution in [0.15, 0.2) is 18.2 Å². The minimum Gasteiger partial charge on any atom is -0.461 e. The number of carbonyl (C=O) groups excluding carboxylic acids is 1. The van der Waals surface area contributed by atoms with Crippen molar-refractivity contribution in [1.82, 2.24) is 9.55 Å². The Morgan fingerprint density at radius 2 is 1.96 bits per heavy atom. The number of halogens is 4. The van der Waals surface area contributed by atoms with Crippen LogP contribution in [-0.2, 0) is 17.6 Å². The molecule has 0 aliphatic carbocycles. The number of carbonyl (C=O) groups is 1. The molecule has 0 amide bonds. The first kappa shape index (κ1) is 19.9. The quantitative estimate of drug-likeness (QED) is 0.552. The zero-order valence-electron chi connectivity index (χ0n) is 14.8. The van der Waals surface area contributed by atoms with E-state index in [0.717, 1.165) is 6.07 Å². The Morgan fingerprint density at radius 3 is 2.50 bits per heavy atom. The van der Waals surface area contributed by atoms with Gasteiger partial charge in [-0.25, -0.2) is 14.2 Å². The average Bonchev–Trinajstić information content (AvgIpc) is 2.89. The van der Waals surface area contributed by atoms with Crippen molar-refractivity contribution in [2.45, 2.75) is 46.2 Å². The van der Waals surface area contributed by atoms with Gasteiger partial charge in [0, 0.05) is 12.8 Å². The second-order valence-electron chi connectivity index (χ2n) is 5.77. The molecule has 8 heteroatoms. The van der Waals surface area contributed by atoms with Crippen LogP contribution in [0.1, 0.15) is 47.8 Å². The molecule has 0 radical (unpaired) electrons. The zero-order valence-corrected chi connectivity index (χ0v) is 14.8. The lowest BCUT2D eigenvalue weighted by molar-refractivity contribution is -0.134. The molecule has 0 fully saturated rings. The van der Waals surface area contributed by atoms with Gasteiger partial charge < -0.3 is 4.74 Å². The summed E-state index contributed by atoms with van der Waals surface area (Å²) >= 11 is 0. The molecule has 0 aliphatic heterocycles. The molecule has 1 aromatic carbocycles. The molecule has 0 saturated carbocycles. The van der Waals surface area contributed by atoms with Crippen molar-refractivity contribution in [2.24, 2.45) is 0 Å². The van der Waals surface area contributed by atoms with E-state index in [9.17, 15) is 22.4 Å². The van der Waals surface area contributed by atoms with Gasteiger partial charge in [-0.2, -0.15) is 13.2 Å². The van der Waals surface area contributed by atoms with Crippen LogP contribution >= 0.6 is 0 Å². The molecule has 142 valence electrons. The first-order chi connectivity index (χ1) is 12.2. The van der Waals surface area contributed by atoms with Crippen molar-refractivity contribution in [3.63, 3.8) is 0 Å². The summed E-state index contributed by atoms with van der Waals surface area (Å²) < 4.78 is 58.0. The number of benzene rings is 1. The second kappa shape index (κ2) is 7.88. The SMILES string of the molecule is CCOC(=O)c1nc(CC)n(-c2ccc(CCC(F)(F)F)cc2F)c1C. The fourth-order valence-electron chi connectivity index (χ4n) is 2.68. The van der Waals surface area contributed by atoms with Crippen LogP contribution in [0.5, 0.6) is 0 Å². The van der Waals surface area contributed by atoms with E-state index in [1.54, 1.807) is 13.8 Å². The van der Waals surface area contributed by atoms with E-state index in [0.29, 0.717) is 17.9 Å². The van der Waals surface area contributed by atoms with Crippen LogP contribution in [0, 0.1) is 12.7 Å². The first-order valence-corrected chi connectivity index (χ1v) is 8.28. The Kier molecular flexibility index (Phi) is 6.05. The van der Waals surface area contributed by atoms with Crippen LogP contribution in [0.25, 0.3) is 5.69 Å². The van der Waals surface area contributed by atoms with Crippen molar-refractivity contribution in [3.8, 4) is 5.69 Å². The molecule has 0 aliphatic rings. The molecule has 0 bridgehead atoms. The highest BCUT2D eigenvalue weighted by molar-refractivity contribution is 5.88. The van der Waals surface area contributed by atoms with Gasteiger partial charge in [-0.3, -0.25) is 4.57 Å². The highest BCUT2D eigenvalue weighted by Crippen LogP contribution is 2.25. The standard InChI is InChI=1S/C18H20F4N2O2/c1-4-15-23-16(17(25)26-5-2)11(3)24(15)14-7-6-12(10-13(14)19)8-9-18(20,21)22/h6-7,10H,4-5,8-9H2,1-3H3. The Hall–Kier alpha value is -2.38. The van der Waals surface area contributed by atoms with Gasteiger partial charge >= 0.3 is 12.1 Å². The monoisotopic (exact) mass is 372 g/mol. The number of aromatic nitrogens is 2. The van der Waals surface area contributed by atoms with Gasteiger partial charge in [-0.1, -0.05) is 13.0 Å². The molecule has 4 nitrogen and oxygen atoms in total. The number of rotatable bonds is 6. The summed E-state index contributed by atoms with van der Waals surface area (Å²) in [6.45, 7) is 5.29. The van der Waals surface area contributed by atoms with Crippen LogP contribution in [-0.4, -0.2) is 28.3 Å². The highest BCUT2D eigenvalue weighted by Gasteiger charge is 2.27. The summed E-state index contributed by atoms with van der Waals surface area (Å²) in [4.78, 5) is 16.2. The summed E-state index contributed by atoms with van der Waals surface area (Å²) in [5, 5.41) is 0. The van der Waals surface area contributed by atoms with E-state index in [2.05, 4.69) is 4.98 Å². The summed E-state index contributed by atoms with van der Waals surface area (Å²) in [6, 6.07) is 3.95. The molecule has 2 aromatic rings. The van der Waals surface area contributed by atoms with Crippen molar-refractivity contribution >= 4 is 5.97 Å². The van der Waals surface area contributed by atoms with Crippen LogP contribution in [0.2, 0.25) is 0 Å². The number of aryl methyl sites for hydroxylation is 2. The Bertz CT molecular complexity index is 797. The molecule has 1 aromatic heterocycles. The van der Waals surface area contributed by atoms with E-state index in [1.807, 2.05) is 6.92 Å². The molecule has 0 unspecified atom stereocenters. The minimum absolute atomic E-state index is 0.101. The number of esters is 1. The van der Waals surface area contributed by atoms with Crippen molar-refractivity contribution in [1.29, 1.82) is 0 Å². The summed E-state index contributed by atoms with van der Waals surface area (Å²) in [5.41, 5.74) is 0.912. The van der Waals surface area contributed by atoms with Crippen LogP contribution in [0.4, 0.5) is 17.6 Å². The van der Waals surface area contributed by atoms with Crippen molar-refractivity contribution in [2.75, 3.05) is 6.61 Å². The van der Waals surface area contributed by atoms with Gasteiger partial charge in [0.15, 0.2) is 5.69 Å². The molecule has 26 heavy (non-hydrogen) atoms. The topological polar surface area (TPSA) is 44.1 Å². The number of hydrogen-bond donors (Lipinski definition) is 0. The van der Waals surface area contributed by atoms with Crippen LogP contribution in [0.3, 0.4) is 0 Å². The lowest BCUT2D eigenvalue weighted by atomic mass is 10.1. The van der Waals surface area contributed by atoms with Crippen LogP contribution < -0.4 is 0 Å². The predicted octanol–water partition coefficient (Wildman–Crippen LogP) is 4.55. The Balaban J connectivity index is 2.40. The van der Waals surface area contributed by atoms with Gasteiger partial charge in [0.1, 0.15) is 11.6 Å². The van der Waals surface area contributed by atoms with Gasteiger partial charge in [-0.05, 0) is 38.0 Å². The molecular weight excluding hydrogens is 352 g/mol. The maximum Gasteiger partial charge on any atom is 0.389 e. The van der Waals surface area contributed by atoms with Crippen molar-refractivity contribution < 1.29 is 27.1 Å². The molecule has 0 N–H and O–H groups in total. The fourth-order valence-corrected chi connectivity index (χ4v) is 2.68. The normalized spacial score (nSPS) is 11.7. The molecule has 0 spiro atoms. The van der Waals surface area contributed by atoms with Gasteiger partial charge in [-0.15, -0.1) is 0 Å². The molecule has 0 saturated heterocycles. The maximum absolute atomic E-state index is 14.6.